The van der Waals surface area contributed by atoms with Gasteiger partial charge in [-0.3, -0.25) is 4.90 Å². The lowest BCUT2D eigenvalue weighted by molar-refractivity contribution is 0.00890. The van der Waals surface area contributed by atoms with Crippen LogP contribution in [0.2, 0.25) is 5.82 Å². The summed E-state index contributed by atoms with van der Waals surface area (Å²) in [4.78, 5) is 2.52. The van der Waals surface area contributed by atoms with Crippen molar-refractivity contribution in [1.29, 1.82) is 0 Å². The van der Waals surface area contributed by atoms with Gasteiger partial charge in [0.25, 0.3) is 0 Å². The first-order valence-electron chi connectivity index (χ1n) is 5.45. The zero-order valence-corrected chi connectivity index (χ0v) is 8.24. The standard InChI is InChI=1S/C10H18BNO/c11-9-3-1-2-4-10(9)12-5-7-13-8-6-12/h9-10H,1-8H2/t9-,10-/m1/s1. The van der Waals surface area contributed by atoms with Gasteiger partial charge >= 0.3 is 0 Å². The van der Waals surface area contributed by atoms with Crippen molar-refractivity contribution >= 4 is 7.85 Å². The Hall–Kier alpha value is -0.0151. The minimum Gasteiger partial charge on any atom is -0.379 e. The second kappa shape index (κ2) is 4.47. The summed E-state index contributed by atoms with van der Waals surface area (Å²) in [7, 11) is 6.13. The summed E-state index contributed by atoms with van der Waals surface area (Å²) in [5.74, 6) is 0.409. The molecule has 0 spiro atoms. The molecule has 2 nitrogen and oxygen atoms in total. The van der Waals surface area contributed by atoms with Crippen molar-refractivity contribution in [1.82, 2.24) is 4.90 Å². The molecular weight excluding hydrogens is 161 g/mol. The van der Waals surface area contributed by atoms with Crippen molar-refractivity contribution in [2.24, 2.45) is 0 Å². The largest absolute Gasteiger partial charge is 0.379 e. The predicted octanol–water partition coefficient (Wildman–Crippen LogP) is 1.22. The fraction of sp³-hybridized carbons (Fsp3) is 1.00. The summed E-state index contributed by atoms with van der Waals surface area (Å²) in [6.07, 6.45) is 5.18. The number of ether oxygens (including phenoxy) is 1. The lowest BCUT2D eigenvalue weighted by Gasteiger charge is -2.40. The van der Waals surface area contributed by atoms with Crippen molar-refractivity contribution in [3.63, 3.8) is 0 Å². The van der Waals surface area contributed by atoms with Crippen LogP contribution < -0.4 is 0 Å². The van der Waals surface area contributed by atoms with Gasteiger partial charge in [0.15, 0.2) is 0 Å². The molecule has 2 radical (unpaired) electrons. The number of hydrogen-bond acceptors (Lipinski definition) is 2. The average molecular weight is 179 g/mol. The highest BCUT2D eigenvalue weighted by atomic mass is 16.5. The van der Waals surface area contributed by atoms with Crippen LogP contribution in [-0.2, 0) is 4.74 Å². The lowest BCUT2D eigenvalue weighted by atomic mass is 9.71. The normalized spacial score (nSPS) is 37.5. The Labute approximate surface area is 82.0 Å². The van der Waals surface area contributed by atoms with E-state index in [0.717, 1.165) is 26.3 Å². The Morgan fingerprint density at radius 3 is 2.46 bits per heavy atom. The zero-order valence-electron chi connectivity index (χ0n) is 8.24. The second-order valence-electron chi connectivity index (χ2n) is 4.16. The highest BCUT2D eigenvalue weighted by Crippen LogP contribution is 2.30. The quantitative estimate of drug-likeness (QED) is 0.561. The first kappa shape index (κ1) is 9.54. The number of morpholine rings is 1. The Morgan fingerprint density at radius 1 is 1.08 bits per heavy atom. The van der Waals surface area contributed by atoms with E-state index < -0.39 is 0 Å². The van der Waals surface area contributed by atoms with Crippen LogP contribution in [0.5, 0.6) is 0 Å². The van der Waals surface area contributed by atoms with Gasteiger partial charge in [-0.05, 0) is 6.42 Å². The molecule has 2 atom stereocenters. The highest BCUT2D eigenvalue weighted by molar-refractivity contribution is 6.12. The molecule has 1 heterocycles. The third kappa shape index (κ3) is 2.26. The summed E-state index contributed by atoms with van der Waals surface area (Å²) in [5.41, 5.74) is 0. The van der Waals surface area contributed by atoms with Gasteiger partial charge in [-0.15, -0.1) is 0 Å². The Morgan fingerprint density at radius 2 is 1.77 bits per heavy atom. The van der Waals surface area contributed by atoms with E-state index in [9.17, 15) is 0 Å². The molecule has 0 aromatic rings. The van der Waals surface area contributed by atoms with E-state index in [-0.39, 0.29) is 0 Å². The van der Waals surface area contributed by atoms with Gasteiger partial charge < -0.3 is 4.74 Å². The number of nitrogens with zero attached hydrogens (tertiary/aromatic N) is 1. The number of hydrogen-bond donors (Lipinski definition) is 0. The molecule has 0 aromatic carbocycles. The molecule has 2 rings (SSSR count). The molecule has 0 amide bonds. The van der Waals surface area contributed by atoms with Crippen molar-refractivity contribution < 1.29 is 4.74 Å². The molecule has 2 aliphatic rings. The van der Waals surface area contributed by atoms with E-state index in [1.807, 2.05) is 0 Å². The van der Waals surface area contributed by atoms with E-state index >= 15 is 0 Å². The van der Waals surface area contributed by atoms with E-state index in [4.69, 9.17) is 12.6 Å². The van der Waals surface area contributed by atoms with Gasteiger partial charge in [-0.1, -0.05) is 25.1 Å². The van der Waals surface area contributed by atoms with Crippen LogP contribution in [0.25, 0.3) is 0 Å². The maximum absolute atomic E-state index is 6.13. The summed E-state index contributed by atoms with van der Waals surface area (Å²) in [5, 5.41) is 0. The first-order valence-corrected chi connectivity index (χ1v) is 5.45. The van der Waals surface area contributed by atoms with Crippen molar-refractivity contribution in [3.05, 3.63) is 0 Å². The van der Waals surface area contributed by atoms with Crippen molar-refractivity contribution in [3.8, 4) is 0 Å². The van der Waals surface area contributed by atoms with E-state index in [2.05, 4.69) is 4.90 Å². The van der Waals surface area contributed by atoms with E-state index in [1.165, 1.54) is 25.7 Å². The maximum atomic E-state index is 6.13. The summed E-state index contributed by atoms with van der Waals surface area (Å²) >= 11 is 0. The minimum atomic E-state index is 0.409. The molecular formula is C10H18BNO. The Bertz CT molecular complexity index is 159. The second-order valence-corrected chi connectivity index (χ2v) is 4.16. The van der Waals surface area contributed by atoms with Gasteiger partial charge in [0, 0.05) is 19.1 Å². The fourth-order valence-corrected chi connectivity index (χ4v) is 2.50. The third-order valence-electron chi connectivity index (χ3n) is 3.30. The fourth-order valence-electron chi connectivity index (χ4n) is 2.50. The van der Waals surface area contributed by atoms with Crippen molar-refractivity contribution in [2.45, 2.75) is 37.5 Å². The zero-order chi connectivity index (χ0) is 9.10. The molecule has 0 bridgehead atoms. The first-order chi connectivity index (χ1) is 6.38. The van der Waals surface area contributed by atoms with Crippen LogP contribution in [0.15, 0.2) is 0 Å². The monoisotopic (exact) mass is 179 g/mol. The van der Waals surface area contributed by atoms with Crippen LogP contribution in [0.4, 0.5) is 0 Å². The number of rotatable bonds is 1. The van der Waals surface area contributed by atoms with Crippen LogP contribution in [0, 0.1) is 0 Å². The molecule has 1 saturated heterocycles. The molecule has 3 heteroatoms. The SMILES string of the molecule is [B][C@@H]1CCCC[C@H]1N1CCOCC1. The molecule has 13 heavy (non-hydrogen) atoms. The molecule has 72 valence electrons. The van der Waals surface area contributed by atoms with Gasteiger partial charge in [-0.25, -0.2) is 0 Å². The Balaban J connectivity index is 1.88. The summed E-state index contributed by atoms with van der Waals surface area (Å²) < 4.78 is 5.34. The average Bonchev–Trinajstić information content (AvgIpc) is 2.20. The highest BCUT2D eigenvalue weighted by Gasteiger charge is 2.27. The summed E-state index contributed by atoms with van der Waals surface area (Å²) in [6, 6.07) is 0.637. The predicted molar refractivity (Wildman–Crippen MR) is 54.2 cm³/mol. The van der Waals surface area contributed by atoms with E-state index in [1.54, 1.807) is 0 Å². The topological polar surface area (TPSA) is 12.5 Å². The minimum absolute atomic E-state index is 0.409. The van der Waals surface area contributed by atoms with Gasteiger partial charge in [-0.2, -0.15) is 0 Å². The third-order valence-corrected chi connectivity index (χ3v) is 3.30. The maximum Gasteiger partial charge on any atom is 0.0720 e. The van der Waals surface area contributed by atoms with Crippen molar-refractivity contribution in [2.75, 3.05) is 26.3 Å². The molecule has 1 saturated carbocycles. The van der Waals surface area contributed by atoms with Crippen LogP contribution in [0.1, 0.15) is 25.7 Å². The van der Waals surface area contributed by atoms with Gasteiger partial charge in [0.05, 0.1) is 21.1 Å². The van der Waals surface area contributed by atoms with Crippen LogP contribution >= 0.6 is 0 Å². The molecule has 0 aromatic heterocycles. The molecule has 0 N–H and O–H groups in total. The molecule has 0 unspecified atom stereocenters. The van der Waals surface area contributed by atoms with Gasteiger partial charge in [0.1, 0.15) is 0 Å². The summed E-state index contributed by atoms with van der Waals surface area (Å²) in [6.45, 7) is 3.95. The molecule has 1 aliphatic carbocycles. The lowest BCUT2D eigenvalue weighted by Crippen LogP contribution is -2.46. The van der Waals surface area contributed by atoms with Crippen LogP contribution in [0.3, 0.4) is 0 Å². The molecule has 2 fully saturated rings. The van der Waals surface area contributed by atoms with Gasteiger partial charge in [0.2, 0.25) is 0 Å². The Kier molecular flexibility index (Phi) is 3.28. The van der Waals surface area contributed by atoms with Crippen LogP contribution in [-0.4, -0.2) is 45.1 Å². The molecule has 1 aliphatic heterocycles. The van der Waals surface area contributed by atoms with E-state index in [0.29, 0.717) is 11.9 Å². The smallest absolute Gasteiger partial charge is 0.0720 e.